The van der Waals surface area contributed by atoms with E-state index < -0.39 is 12.1 Å². The summed E-state index contributed by atoms with van der Waals surface area (Å²) in [6, 6.07) is 6.79. The van der Waals surface area contributed by atoms with Crippen molar-refractivity contribution < 1.29 is 19.5 Å². The molecule has 0 bridgehead atoms. The van der Waals surface area contributed by atoms with Crippen molar-refractivity contribution in [1.82, 2.24) is 25.3 Å². The number of carbonyl (C=O) groups excluding carboxylic acids is 3. The highest BCUT2D eigenvalue weighted by Crippen LogP contribution is 2.25. The number of phenolic OH excluding ortho intramolecular Hbond substituents is 1. The maximum absolute atomic E-state index is 13.0. The molecular formula is C23H29N5O4. The third-order valence-electron chi connectivity index (χ3n) is 6.09. The second-order valence-electron chi connectivity index (χ2n) is 9.63. The van der Waals surface area contributed by atoms with Gasteiger partial charge in [0.15, 0.2) is 0 Å². The maximum atomic E-state index is 13.0. The van der Waals surface area contributed by atoms with Crippen LogP contribution < -0.4 is 10.6 Å². The van der Waals surface area contributed by atoms with Crippen molar-refractivity contribution in [3.05, 3.63) is 47.3 Å². The molecule has 2 aliphatic heterocycles. The van der Waals surface area contributed by atoms with Gasteiger partial charge in [-0.15, -0.1) is 0 Å². The van der Waals surface area contributed by atoms with E-state index in [2.05, 4.69) is 15.7 Å². The fraction of sp³-hybridized carbons (Fsp3) is 0.478. The number of fused-ring (bicyclic) bond motifs is 1. The summed E-state index contributed by atoms with van der Waals surface area (Å²) in [4.78, 5) is 40.1. The number of hydrogen-bond acceptors (Lipinski definition) is 5. The zero-order valence-electron chi connectivity index (χ0n) is 18.8. The third-order valence-corrected chi connectivity index (χ3v) is 6.09. The molecule has 0 radical (unpaired) electrons. The second kappa shape index (κ2) is 7.96. The van der Waals surface area contributed by atoms with Gasteiger partial charge in [0.05, 0.1) is 5.69 Å². The van der Waals surface area contributed by atoms with Crippen molar-refractivity contribution in [3.63, 3.8) is 0 Å². The fourth-order valence-corrected chi connectivity index (χ4v) is 4.27. The SMILES string of the molecule is Cn1nc(C(C)(C)C)cc1C(=O)N[C@H]1C[C@H]2C(=O)N[C@H](Cc3ccc(O)cc3)C(=O)N2C1. The van der Waals surface area contributed by atoms with Crippen LogP contribution in [-0.2, 0) is 28.5 Å². The number of nitrogens with one attached hydrogen (secondary N) is 2. The summed E-state index contributed by atoms with van der Waals surface area (Å²) in [7, 11) is 1.73. The van der Waals surface area contributed by atoms with E-state index in [4.69, 9.17) is 0 Å². The summed E-state index contributed by atoms with van der Waals surface area (Å²) in [5.74, 6) is -0.488. The molecule has 3 heterocycles. The molecule has 0 spiro atoms. The minimum Gasteiger partial charge on any atom is -0.508 e. The molecule has 1 aromatic heterocycles. The van der Waals surface area contributed by atoms with Gasteiger partial charge >= 0.3 is 0 Å². The Bertz CT molecular complexity index is 1050. The standard InChI is InChI=1S/C23H29N5O4/c1-23(2,3)19-11-17(27(4)26-19)20(30)24-14-10-18-21(31)25-16(22(32)28(18)12-14)9-13-5-7-15(29)8-6-13/h5-8,11,14,16,18,29H,9-10,12H2,1-4H3,(H,24,30)(H,25,31)/t14-,16+,18-/m0/s1. The molecule has 9 heteroatoms. The molecule has 0 unspecified atom stereocenters. The first-order valence-electron chi connectivity index (χ1n) is 10.8. The summed E-state index contributed by atoms with van der Waals surface area (Å²) < 4.78 is 1.56. The van der Waals surface area contributed by atoms with Crippen LogP contribution in [0.15, 0.2) is 30.3 Å². The van der Waals surface area contributed by atoms with Crippen LogP contribution in [0.4, 0.5) is 0 Å². The van der Waals surface area contributed by atoms with Crippen LogP contribution >= 0.6 is 0 Å². The van der Waals surface area contributed by atoms with Crippen molar-refractivity contribution in [3.8, 4) is 5.75 Å². The quantitative estimate of drug-likeness (QED) is 0.654. The van der Waals surface area contributed by atoms with Crippen LogP contribution in [0.25, 0.3) is 0 Å². The molecule has 32 heavy (non-hydrogen) atoms. The molecule has 9 nitrogen and oxygen atoms in total. The average molecular weight is 440 g/mol. The Kier molecular flexibility index (Phi) is 5.44. The Labute approximate surface area is 186 Å². The molecule has 3 amide bonds. The smallest absolute Gasteiger partial charge is 0.269 e. The number of benzene rings is 1. The lowest BCUT2D eigenvalue weighted by atomic mass is 9.92. The number of aromatic nitrogens is 2. The minimum absolute atomic E-state index is 0.147. The van der Waals surface area contributed by atoms with Gasteiger partial charge in [0.2, 0.25) is 11.8 Å². The summed E-state index contributed by atoms with van der Waals surface area (Å²) in [6.07, 6.45) is 0.717. The number of rotatable bonds is 4. The number of nitrogens with zero attached hydrogens (tertiary/aromatic N) is 3. The minimum atomic E-state index is -0.663. The summed E-state index contributed by atoms with van der Waals surface area (Å²) in [5.41, 5.74) is 1.93. The molecule has 3 atom stereocenters. The van der Waals surface area contributed by atoms with E-state index in [1.165, 1.54) is 0 Å². The predicted molar refractivity (Wildman–Crippen MR) is 117 cm³/mol. The third kappa shape index (κ3) is 4.19. The summed E-state index contributed by atoms with van der Waals surface area (Å²) >= 11 is 0. The lowest BCUT2D eigenvalue weighted by Gasteiger charge is -2.34. The van der Waals surface area contributed by atoms with Crippen molar-refractivity contribution in [2.75, 3.05) is 6.54 Å². The van der Waals surface area contributed by atoms with Gasteiger partial charge in [0.25, 0.3) is 5.91 Å². The van der Waals surface area contributed by atoms with Crippen molar-refractivity contribution in [2.45, 2.75) is 57.2 Å². The van der Waals surface area contributed by atoms with Crippen molar-refractivity contribution in [1.29, 1.82) is 0 Å². The van der Waals surface area contributed by atoms with Crippen LogP contribution in [0.2, 0.25) is 0 Å². The second-order valence-corrected chi connectivity index (χ2v) is 9.63. The zero-order valence-corrected chi connectivity index (χ0v) is 18.8. The van der Waals surface area contributed by atoms with E-state index in [0.29, 0.717) is 25.1 Å². The number of carbonyl (C=O) groups is 3. The van der Waals surface area contributed by atoms with E-state index in [1.54, 1.807) is 47.0 Å². The fourth-order valence-electron chi connectivity index (χ4n) is 4.27. The number of phenols is 1. The number of aryl methyl sites for hydroxylation is 1. The Hall–Kier alpha value is -3.36. The molecule has 2 fully saturated rings. The van der Waals surface area contributed by atoms with Crippen LogP contribution in [0.1, 0.15) is 48.9 Å². The molecule has 2 saturated heterocycles. The number of amides is 3. The Morgan fingerprint density at radius 2 is 1.94 bits per heavy atom. The highest BCUT2D eigenvalue weighted by Gasteiger charge is 2.46. The topological polar surface area (TPSA) is 117 Å². The van der Waals surface area contributed by atoms with Crippen LogP contribution in [0.5, 0.6) is 5.75 Å². The predicted octanol–water partition coefficient (Wildman–Crippen LogP) is 0.864. The first-order valence-corrected chi connectivity index (χ1v) is 10.8. The van der Waals surface area contributed by atoms with Crippen molar-refractivity contribution in [2.24, 2.45) is 7.05 Å². The molecule has 0 saturated carbocycles. The molecular weight excluding hydrogens is 410 g/mol. The monoisotopic (exact) mass is 439 g/mol. The van der Waals surface area contributed by atoms with Gasteiger partial charge in [-0.05, 0) is 30.2 Å². The number of hydrogen-bond donors (Lipinski definition) is 3. The first kappa shape index (κ1) is 21.9. The highest BCUT2D eigenvalue weighted by atomic mass is 16.3. The lowest BCUT2D eigenvalue weighted by molar-refractivity contribution is -0.147. The Morgan fingerprint density at radius 1 is 1.25 bits per heavy atom. The molecule has 2 aliphatic rings. The average Bonchev–Trinajstić information content (AvgIpc) is 3.31. The van der Waals surface area contributed by atoms with Crippen LogP contribution in [0.3, 0.4) is 0 Å². The van der Waals surface area contributed by atoms with Crippen molar-refractivity contribution >= 4 is 17.7 Å². The molecule has 4 rings (SSSR count). The Balaban J connectivity index is 1.43. The number of piperazine rings is 1. The van der Waals surface area contributed by atoms with Gasteiger partial charge in [-0.25, -0.2) is 0 Å². The van der Waals surface area contributed by atoms with Gasteiger partial charge in [-0.1, -0.05) is 32.9 Å². The van der Waals surface area contributed by atoms with E-state index in [0.717, 1.165) is 11.3 Å². The van der Waals surface area contributed by atoms with E-state index in [9.17, 15) is 19.5 Å². The normalized spacial score (nSPS) is 23.1. The van der Waals surface area contributed by atoms with E-state index in [1.807, 2.05) is 20.8 Å². The highest BCUT2D eigenvalue weighted by molar-refractivity contribution is 5.98. The van der Waals surface area contributed by atoms with Gasteiger partial charge in [-0.2, -0.15) is 5.10 Å². The first-order chi connectivity index (χ1) is 15.0. The van der Waals surface area contributed by atoms with Gasteiger partial charge in [0.1, 0.15) is 23.5 Å². The van der Waals surface area contributed by atoms with Gasteiger partial charge in [-0.3, -0.25) is 19.1 Å². The van der Waals surface area contributed by atoms with Crippen LogP contribution in [-0.4, -0.2) is 62.2 Å². The molecule has 0 aliphatic carbocycles. The maximum Gasteiger partial charge on any atom is 0.269 e. The van der Waals surface area contributed by atoms with Gasteiger partial charge < -0.3 is 20.6 Å². The van der Waals surface area contributed by atoms with E-state index in [-0.39, 0.29) is 34.9 Å². The largest absolute Gasteiger partial charge is 0.508 e. The summed E-state index contributed by atoms with van der Waals surface area (Å²) in [6.45, 7) is 6.39. The van der Waals surface area contributed by atoms with Crippen LogP contribution in [0, 0.1) is 0 Å². The Morgan fingerprint density at radius 3 is 2.56 bits per heavy atom. The molecule has 3 N–H and O–H groups in total. The lowest BCUT2D eigenvalue weighted by Crippen LogP contribution is -2.61. The molecule has 1 aromatic carbocycles. The van der Waals surface area contributed by atoms with Gasteiger partial charge in [0, 0.05) is 31.5 Å². The van der Waals surface area contributed by atoms with E-state index >= 15 is 0 Å². The molecule has 170 valence electrons. The number of aromatic hydroxyl groups is 1. The zero-order chi connectivity index (χ0) is 23.2. The summed E-state index contributed by atoms with van der Waals surface area (Å²) in [5, 5.41) is 19.7. The molecule has 2 aromatic rings.